The van der Waals surface area contributed by atoms with Crippen LogP contribution in [0.2, 0.25) is 0 Å². The van der Waals surface area contributed by atoms with Gasteiger partial charge >= 0.3 is 0 Å². The molecule has 2 rings (SSSR count). The molecule has 0 radical (unpaired) electrons. The van der Waals surface area contributed by atoms with Gasteiger partial charge < -0.3 is 10.6 Å². The summed E-state index contributed by atoms with van der Waals surface area (Å²) in [7, 11) is 0. The second kappa shape index (κ2) is 5.65. The number of nitrogens with zero attached hydrogens (tertiary/aromatic N) is 2. The first kappa shape index (κ1) is 12.6. The molecule has 0 atom stereocenters. The summed E-state index contributed by atoms with van der Waals surface area (Å²) in [4.78, 5) is 2.56. The Hall–Kier alpha value is -0.870. The summed E-state index contributed by atoms with van der Waals surface area (Å²) in [6, 6.07) is 2.79. The molecule has 1 aliphatic heterocycles. The molecule has 0 aliphatic carbocycles. The molecule has 2 heterocycles. The third kappa shape index (κ3) is 3.30. The number of nitrogens with two attached hydrogens (primary N) is 1. The smallest absolute Gasteiger partial charge is 0.0628 e. The lowest BCUT2D eigenvalue weighted by molar-refractivity contribution is 0.149. The molecule has 1 saturated heterocycles. The lowest BCUT2D eigenvalue weighted by Gasteiger charge is -2.34. The number of aromatic nitrogens is 2. The summed E-state index contributed by atoms with van der Waals surface area (Å²) in [5, 5.41) is 7.30. The molecule has 0 aromatic carbocycles. The summed E-state index contributed by atoms with van der Waals surface area (Å²) < 4.78 is 0. The fourth-order valence-corrected chi connectivity index (χ4v) is 2.59. The third-order valence-electron chi connectivity index (χ3n) is 3.78. The average Bonchev–Trinajstić information content (AvgIpc) is 2.77. The zero-order valence-electron chi connectivity index (χ0n) is 10.9. The van der Waals surface area contributed by atoms with Crippen molar-refractivity contribution in [3.8, 4) is 0 Å². The normalized spacial score (nSPS) is 19.1. The molecule has 17 heavy (non-hydrogen) atoms. The molecular formula is C13H24N4. The highest BCUT2D eigenvalue weighted by molar-refractivity contribution is 5.09. The van der Waals surface area contributed by atoms with Gasteiger partial charge in [-0.05, 0) is 58.2 Å². The first-order chi connectivity index (χ1) is 8.19. The van der Waals surface area contributed by atoms with Gasteiger partial charge in [-0.3, -0.25) is 5.10 Å². The molecule has 0 bridgehead atoms. The van der Waals surface area contributed by atoms with Gasteiger partial charge in [-0.25, -0.2) is 0 Å². The third-order valence-corrected chi connectivity index (χ3v) is 3.78. The maximum absolute atomic E-state index is 5.57. The van der Waals surface area contributed by atoms with Crippen LogP contribution in [0.25, 0.3) is 0 Å². The molecule has 1 aromatic heterocycles. The monoisotopic (exact) mass is 236 g/mol. The standard InChI is InChI=1S/C13H24N4/c1-10(2)17-5-3-11(4-6-17)7-12-8-13(9-14)16-15-12/h8,10-11H,3-7,9,14H2,1-2H3,(H,15,16). The highest BCUT2D eigenvalue weighted by Crippen LogP contribution is 2.22. The minimum absolute atomic E-state index is 0.554. The van der Waals surface area contributed by atoms with Crippen molar-refractivity contribution < 1.29 is 0 Å². The number of hydrogen-bond donors (Lipinski definition) is 2. The van der Waals surface area contributed by atoms with E-state index in [-0.39, 0.29) is 0 Å². The van der Waals surface area contributed by atoms with Crippen molar-refractivity contribution >= 4 is 0 Å². The molecule has 4 heteroatoms. The highest BCUT2D eigenvalue weighted by atomic mass is 15.2. The fraction of sp³-hybridized carbons (Fsp3) is 0.769. The van der Waals surface area contributed by atoms with Crippen LogP contribution in [0.3, 0.4) is 0 Å². The number of hydrogen-bond acceptors (Lipinski definition) is 3. The maximum Gasteiger partial charge on any atom is 0.0628 e. The van der Waals surface area contributed by atoms with Crippen molar-refractivity contribution in [1.82, 2.24) is 15.1 Å². The van der Waals surface area contributed by atoms with Gasteiger partial charge in [0.25, 0.3) is 0 Å². The topological polar surface area (TPSA) is 57.9 Å². The Morgan fingerprint density at radius 3 is 2.71 bits per heavy atom. The largest absolute Gasteiger partial charge is 0.325 e. The maximum atomic E-state index is 5.57. The van der Waals surface area contributed by atoms with Crippen LogP contribution in [0.1, 0.15) is 38.1 Å². The summed E-state index contributed by atoms with van der Waals surface area (Å²) >= 11 is 0. The second-order valence-corrected chi connectivity index (χ2v) is 5.37. The van der Waals surface area contributed by atoms with Gasteiger partial charge in [-0.2, -0.15) is 5.10 Å². The van der Waals surface area contributed by atoms with Gasteiger partial charge in [0.05, 0.1) is 5.69 Å². The molecule has 0 amide bonds. The van der Waals surface area contributed by atoms with E-state index in [4.69, 9.17) is 5.73 Å². The molecule has 3 N–H and O–H groups in total. The molecule has 1 fully saturated rings. The van der Waals surface area contributed by atoms with Gasteiger partial charge in [0.2, 0.25) is 0 Å². The average molecular weight is 236 g/mol. The Kier molecular flexibility index (Phi) is 4.18. The van der Waals surface area contributed by atoms with E-state index >= 15 is 0 Å². The molecule has 0 saturated carbocycles. The number of likely N-dealkylation sites (tertiary alicyclic amines) is 1. The first-order valence-corrected chi connectivity index (χ1v) is 6.66. The Labute approximate surface area is 104 Å². The Morgan fingerprint density at radius 1 is 1.47 bits per heavy atom. The van der Waals surface area contributed by atoms with Crippen molar-refractivity contribution in [2.24, 2.45) is 11.7 Å². The molecule has 1 aromatic rings. The van der Waals surface area contributed by atoms with Crippen LogP contribution >= 0.6 is 0 Å². The second-order valence-electron chi connectivity index (χ2n) is 5.37. The zero-order valence-corrected chi connectivity index (χ0v) is 10.9. The van der Waals surface area contributed by atoms with Crippen molar-refractivity contribution in [2.75, 3.05) is 13.1 Å². The van der Waals surface area contributed by atoms with E-state index in [2.05, 4.69) is 35.0 Å². The van der Waals surface area contributed by atoms with E-state index in [0.717, 1.165) is 18.0 Å². The van der Waals surface area contributed by atoms with Gasteiger partial charge in [-0.15, -0.1) is 0 Å². The quantitative estimate of drug-likeness (QED) is 0.833. The van der Waals surface area contributed by atoms with Gasteiger partial charge in [0.15, 0.2) is 0 Å². The van der Waals surface area contributed by atoms with Gasteiger partial charge in [0, 0.05) is 18.3 Å². The van der Waals surface area contributed by atoms with E-state index in [0.29, 0.717) is 12.6 Å². The minimum atomic E-state index is 0.554. The van der Waals surface area contributed by atoms with E-state index < -0.39 is 0 Å². The van der Waals surface area contributed by atoms with Crippen LogP contribution in [0.4, 0.5) is 0 Å². The fourth-order valence-electron chi connectivity index (χ4n) is 2.59. The van der Waals surface area contributed by atoms with Crippen LogP contribution in [0.15, 0.2) is 6.07 Å². The summed E-state index contributed by atoms with van der Waals surface area (Å²) in [6.45, 7) is 7.58. The van der Waals surface area contributed by atoms with E-state index in [1.54, 1.807) is 0 Å². The minimum Gasteiger partial charge on any atom is -0.325 e. The van der Waals surface area contributed by atoms with Crippen molar-refractivity contribution in [3.63, 3.8) is 0 Å². The highest BCUT2D eigenvalue weighted by Gasteiger charge is 2.21. The summed E-state index contributed by atoms with van der Waals surface area (Å²) in [5.41, 5.74) is 7.79. The molecule has 0 spiro atoms. The van der Waals surface area contributed by atoms with E-state index in [9.17, 15) is 0 Å². The van der Waals surface area contributed by atoms with E-state index in [1.165, 1.54) is 31.6 Å². The number of H-pyrrole nitrogens is 1. The lowest BCUT2D eigenvalue weighted by Crippen LogP contribution is -2.38. The molecule has 96 valence electrons. The van der Waals surface area contributed by atoms with Gasteiger partial charge in [-0.1, -0.05) is 0 Å². The number of nitrogens with one attached hydrogen (secondary N) is 1. The molecular weight excluding hydrogens is 212 g/mol. The summed E-state index contributed by atoms with van der Waals surface area (Å²) in [5.74, 6) is 0.791. The van der Waals surface area contributed by atoms with E-state index in [1.807, 2.05) is 0 Å². The number of rotatable bonds is 4. The van der Waals surface area contributed by atoms with Crippen LogP contribution in [-0.2, 0) is 13.0 Å². The Bertz CT molecular complexity index is 337. The molecule has 1 aliphatic rings. The van der Waals surface area contributed by atoms with Crippen LogP contribution in [0, 0.1) is 5.92 Å². The zero-order chi connectivity index (χ0) is 12.3. The predicted octanol–water partition coefficient (Wildman–Crippen LogP) is 1.53. The van der Waals surface area contributed by atoms with Crippen molar-refractivity contribution in [2.45, 2.75) is 45.7 Å². The summed E-state index contributed by atoms with van der Waals surface area (Å²) in [6.07, 6.45) is 3.69. The Morgan fingerprint density at radius 2 is 2.18 bits per heavy atom. The van der Waals surface area contributed by atoms with Gasteiger partial charge in [0.1, 0.15) is 0 Å². The van der Waals surface area contributed by atoms with Crippen molar-refractivity contribution in [3.05, 3.63) is 17.5 Å². The van der Waals surface area contributed by atoms with Crippen LogP contribution < -0.4 is 5.73 Å². The Balaban J connectivity index is 1.81. The van der Waals surface area contributed by atoms with Crippen LogP contribution in [-0.4, -0.2) is 34.2 Å². The SMILES string of the molecule is CC(C)N1CCC(Cc2cc(CN)[nH]n2)CC1. The van der Waals surface area contributed by atoms with Crippen LogP contribution in [0.5, 0.6) is 0 Å². The van der Waals surface area contributed by atoms with Crippen molar-refractivity contribution in [1.29, 1.82) is 0 Å². The lowest BCUT2D eigenvalue weighted by atomic mass is 9.91. The predicted molar refractivity (Wildman–Crippen MR) is 69.6 cm³/mol. The molecule has 0 unspecified atom stereocenters. The molecule has 4 nitrogen and oxygen atoms in total. The number of piperidine rings is 1. The number of aromatic amines is 1. The first-order valence-electron chi connectivity index (χ1n) is 6.66.